The van der Waals surface area contributed by atoms with Crippen molar-refractivity contribution in [3.8, 4) is 0 Å². The second-order valence-corrected chi connectivity index (χ2v) is 4.90. The molecule has 1 heterocycles. The zero-order valence-electron chi connectivity index (χ0n) is 9.87. The molecule has 94 valence electrons. The van der Waals surface area contributed by atoms with Crippen molar-refractivity contribution >= 4 is 21.8 Å². The van der Waals surface area contributed by atoms with E-state index in [1.807, 2.05) is 6.92 Å². The third-order valence-corrected chi connectivity index (χ3v) is 3.34. The van der Waals surface area contributed by atoms with E-state index in [9.17, 15) is 4.79 Å². The molecule has 1 fully saturated rings. The van der Waals surface area contributed by atoms with E-state index in [1.165, 1.54) is 0 Å². The first kappa shape index (κ1) is 13.9. The molecule has 1 aliphatic rings. The van der Waals surface area contributed by atoms with Gasteiger partial charge in [0.2, 0.25) is 5.91 Å². The van der Waals surface area contributed by atoms with Crippen molar-refractivity contribution in [2.75, 3.05) is 25.7 Å². The highest BCUT2D eigenvalue weighted by Gasteiger charge is 2.31. The van der Waals surface area contributed by atoms with E-state index in [2.05, 4.69) is 21.2 Å². The molecule has 3 atom stereocenters. The van der Waals surface area contributed by atoms with Crippen molar-refractivity contribution in [1.82, 2.24) is 5.32 Å². The highest BCUT2D eigenvalue weighted by Crippen LogP contribution is 2.20. The molecule has 0 aromatic rings. The molecule has 0 aromatic carbocycles. The second-order valence-electron chi connectivity index (χ2n) is 4.11. The number of hydrogen-bond acceptors (Lipinski definition) is 3. The first-order valence-corrected chi connectivity index (χ1v) is 6.78. The zero-order valence-corrected chi connectivity index (χ0v) is 11.5. The first-order chi connectivity index (χ1) is 7.69. The van der Waals surface area contributed by atoms with Gasteiger partial charge in [-0.05, 0) is 19.8 Å². The van der Waals surface area contributed by atoms with Gasteiger partial charge in [0.25, 0.3) is 0 Å². The molecular weight excluding hydrogens is 274 g/mol. The van der Waals surface area contributed by atoms with Gasteiger partial charge in [-0.1, -0.05) is 15.9 Å². The monoisotopic (exact) mass is 293 g/mol. The first-order valence-electron chi connectivity index (χ1n) is 5.66. The average molecular weight is 294 g/mol. The van der Waals surface area contributed by atoms with Gasteiger partial charge in [0.15, 0.2) is 0 Å². The fraction of sp³-hybridized carbons (Fsp3) is 0.909. The molecule has 0 saturated carbocycles. The number of carbonyl (C=O) groups excluding carboxylic acids is 1. The minimum Gasteiger partial charge on any atom is -0.383 e. The molecule has 1 amide bonds. The molecule has 0 aliphatic carbocycles. The van der Waals surface area contributed by atoms with E-state index in [-0.39, 0.29) is 24.0 Å². The quantitative estimate of drug-likeness (QED) is 0.752. The molecule has 1 N–H and O–H groups in total. The molecule has 5 heteroatoms. The van der Waals surface area contributed by atoms with Crippen LogP contribution in [0.15, 0.2) is 0 Å². The van der Waals surface area contributed by atoms with Gasteiger partial charge in [-0.3, -0.25) is 4.79 Å². The highest BCUT2D eigenvalue weighted by atomic mass is 79.9. The summed E-state index contributed by atoms with van der Waals surface area (Å²) in [6.07, 6.45) is 1.73. The molecule has 3 unspecified atom stereocenters. The number of rotatable bonds is 6. The van der Waals surface area contributed by atoms with Crippen LogP contribution in [0.4, 0.5) is 0 Å². The van der Waals surface area contributed by atoms with Crippen LogP contribution in [0.3, 0.4) is 0 Å². The van der Waals surface area contributed by atoms with Crippen LogP contribution in [0, 0.1) is 5.92 Å². The third kappa shape index (κ3) is 4.03. The Morgan fingerprint density at radius 1 is 1.69 bits per heavy atom. The molecule has 1 aliphatic heterocycles. The van der Waals surface area contributed by atoms with Crippen LogP contribution >= 0.6 is 15.9 Å². The van der Waals surface area contributed by atoms with Crippen molar-refractivity contribution in [3.63, 3.8) is 0 Å². The summed E-state index contributed by atoms with van der Waals surface area (Å²) in [6.45, 7) is 3.19. The Morgan fingerprint density at radius 2 is 2.44 bits per heavy atom. The lowest BCUT2D eigenvalue weighted by Gasteiger charge is -2.20. The Kier molecular flexibility index (Phi) is 6.31. The Balaban J connectivity index is 2.40. The fourth-order valence-corrected chi connectivity index (χ4v) is 2.47. The van der Waals surface area contributed by atoms with Gasteiger partial charge < -0.3 is 14.8 Å². The molecule has 0 radical (unpaired) electrons. The van der Waals surface area contributed by atoms with Gasteiger partial charge >= 0.3 is 0 Å². The number of methoxy groups -OCH3 is 1. The predicted molar refractivity (Wildman–Crippen MR) is 65.7 cm³/mol. The van der Waals surface area contributed by atoms with Crippen molar-refractivity contribution in [2.24, 2.45) is 5.92 Å². The molecule has 0 aromatic heterocycles. The number of amides is 1. The molecule has 0 bridgehead atoms. The van der Waals surface area contributed by atoms with Crippen LogP contribution in [-0.2, 0) is 14.3 Å². The summed E-state index contributed by atoms with van der Waals surface area (Å²) in [5.41, 5.74) is 0. The van der Waals surface area contributed by atoms with Gasteiger partial charge in [0.05, 0.1) is 24.7 Å². The SMILES string of the molecule is COCC(CCBr)NC(=O)C1CCOC1C. The fourth-order valence-electron chi connectivity index (χ4n) is 1.91. The molecule has 1 saturated heterocycles. The van der Waals surface area contributed by atoms with Gasteiger partial charge in [-0.2, -0.15) is 0 Å². The topological polar surface area (TPSA) is 47.6 Å². The minimum atomic E-state index is -0.00492. The number of halogens is 1. The predicted octanol–water partition coefficient (Wildman–Crippen LogP) is 1.33. The van der Waals surface area contributed by atoms with E-state index in [4.69, 9.17) is 9.47 Å². The number of nitrogens with one attached hydrogen (secondary N) is 1. The zero-order chi connectivity index (χ0) is 12.0. The van der Waals surface area contributed by atoms with Crippen LogP contribution in [0.1, 0.15) is 19.8 Å². The number of ether oxygens (including phenoxy) is 2. The van der Waals surface area contributed by atoms with Crippen LogP contribution in [0.2, 0.25) is 0 Å². The number of alkyl halides is 1. The number of hydrogen-bond donors (Lipinski definition) is 1. The maximum absolute atomic E-state index is 12.0. The summed E-state index contributed by atoms with van der Waals surface area (Å²) in [5, 5.41) is 3.88. The third-order valence-electron chi connectivity index (χ3n) is 2.88. The smallest absolute Gasteiger partial charge is 0.226 e. The second kappa shape index (κ2) is 7.25. The van der Waals surface area contributed by atoms with Gasteiger partial charge in [0, 0.05) is 19.0 Å². The maximum Gasteiger partial charge on any atom is 0.226 e. The summed E-state index contributed by atoms with van der Waals surface area (Å²) in [4.78, 5) is 12.0. The van der Waals surface area contributed by atoms with Gasteiger partial charge in [-0.25, -0.2) is 0 Å². The largest absolute Gasteiger partial charge is 0.383 e. The van der Waals surface area contributed by atoms with Crippen molar-refractivity contribution < 1.29 is 14.3 Å². The van der Waals surface area contributed by atoms with Crippen LogP contribution in [0.25, 0.3) is 0 Å². The summed E-state index contributed by atoms with van der Waals surface area (Å²) in [5.74, 6) is 0.0858. The van der Waals surface area contributed by atoms with E-state index in [1.54, 1.807) is 7.11 Å². The highest BCUT2D eigenvalue weighted by molar-refractivity contribution is 9.09. The van der Waals surface area contributed by atoms with E-state index in [0.29, 0.717) is 13.2 Å². The van der Waals surface area contributed by atoms with Crippen LogP contribution in [0.5, 0.6) is 0 Å². The van der Waals surface area contributed by atoms with E-state index >= 15 is 0 Å². The molecule has 1 rings (SSSR count). The summed E-state index contributed by atoms with van der Waals surface area (Å²) in [6, 6.07) is 0.0877. The average Bonchev–Trinajstić information content (AvgIpc) is 2.65. The van der Waals surface area contributed by atoms with Gasteiger partial charge in [-0.15, -0.1) is 0 Å². The summed E-state index contributed by atoms with van der Waals surface area (Å²) < 4.78 is 10.5. The van der Waals surface area contributed by atoms with Crippen LogP contribution < -0.4 is 5.32 Å². The normalized spacial score (nSPS) is 26.7. The Hall–Kier alpha value is -0.130. The van der Waals surface area contributed by atoms with Gasteiger partial charge in [0.1, 0.15) is 0 Å². The van der Waals surface area contributed by atoms with Crippen molar-refractivity contribution in [1.29, 1.82) is 0 Å². The lowest BCUT2D eigenvalue weighted by Crippen LogP contribution is -2.43. The summed E-state index contributed by atoms with van der Waals surface area (Å²) in [7, 11) is 1.65. The Bertz CT molecular complexity index is 219. The van der Waals surface area contributed by atoms with E-state index < -0.39 is 0 Å². The Labute approximate surface area is 105 Å². The van der Waals surface area contributed by atoms with Crippen molar-refractivity contribution in [3.05, 3.63) is 0 Å². The lowest BCUT2D eigenvalue weighted by molar-refractivity contribution is -0.127. The van der Waals surface area contributed by atoms with Crippen LogP contribution in [-0.4, -0.2) is 43.7 Å². The standard InChI is InChI=1S/C11H20BrNO3/c1-8-10(4-6-16-8)11(14)13-9(3-5-12)7-15-2/h8-10H,3-7H2,1-2H3,(H,13,14). The number of carbonyl (C=O) groups is 1. The van der Waals surface area contributed by atoms with E-state index in [0.717, 1.165) is 18.2 Å². The Morgan fingerprint density at radius 3 is 2.94 bits per heavy atom. The lowest BCUT2D eigenvalue weighted by atomic mass is 10.0. The molecular formula is C11H20BrNO3. The molecule has 4 nitrogen and oxygen atoms in total. The summed E-state index contributed by atoms with van der Waals surface area (Å²) >= 11 is 3.37. The molecule has 0 spiro atoms. The molecule has 16 heavy (non-hydrogen) atoms. The maximum atomic E-state index is 12.0. The minimum absolute atomic E-state index is 0.00492. The van der Waals surface area contributed by atoms with Crippen molar-refractivity contribution in [2.45, 2.75) is 31.9 Å².